The van der Waals surface area contributed by atoms with Crippen LogP contribution < -0.4 is 4.40 Å². The van der Waals surface area contributed by atoms with Gasteiger partial charge in [0, 0.05) is 6.07 Å². The molecule has 2 heteroatoms. The van der Waals surface area contributed by atoms with E-state index in [4.69, 9.17) is 0 Å². The van der Waals surface area contributed by atoms with Gasteiger partial charge in [0.2, 0.25) is 0 Å². The lowest BCUT2D eigenvalue weighted by atomic mass is 10.3. The second-order valence-corrected chi connectivity index (χ2v) is 2.46. The minimum atomic E-state index is 1.13. The lowest BCUT2D eigenvalue weighted by molar-refractivity contribution is -0.510. The summed E-state index contributed by atoms with van der Waals surface area (Å²) in [6.07, 6.45) is 6.02. The Balaban J connectivity index is 2.86. The quantitative estimate of drug-likeness (QED) is 0.518. The number of pyridine rings is 1. The largest absolute Gasteiger partial charge is 0.283 e. The zero-order valence-electron chi connectivity index (χ0n) is 5.83. The van der Waals surface area contributed by atoms with Gasteiger partial charge in [-0.1, -0.05) is 0 Å². The van der Waals surface area contributed by atoms with Crippen LogP contribution in [0.3, 0.4) is 0 Å². The molecule has 2 aromatic heterocycles. The molecule has 0 aliphatic heterocycles. The van der Waals surface area contributed by atoms with E-state index in [-0.39, 0.29) is 0 Å². The molecule has 0 saturated heterocycles. The van der Waals surface area contributed by atoms with Crippen molar-refractivity contribution >= 4 is 5.65 Å². The summed E-state index contributed by atoms with van der Waals surface area (Å²) in [6.45, 7) is 2.08. The highest BCUT2D eigenvalue weighted by Crippen LogP contribution is 1.94. The topological polar surface area (TPSA) is 19.9 Å². The number of nitrogens with one attached hydrogen (secondary N) is 1. The number of aromatic amines is 1. The molecule has 0 spiro atoms. The molecule has 0 atom stereocenters. The van der Waals surface area contributed by atoms with Gasteiger partial charge < -0.3 is 0 Å². The minimum absolute atomic E-state index is 1.13. The molecule has 0 bridgehead atoms. The Kier molecular flexibility index (Phi) is 1.01. The maximum absolute atomic E-state index is 3.11. The molecule has 0 fully saturated rings. The number of imidazole rings is 1. The highest BCUT2D eigenvalue weighted by atomic mass is 15.0. The molecule has 2 nitrogen and oxygen atoms in total. The summed E-state index contributed by atoms with van der Waals surface area (Å²) in [4.78, 5) is 3.11. The average molecular weight is 133 g/mol. The number of aromatic nitrogens is 2. The van der Waals surface area contributed by atoms with Gasteiger partial charge in [0.15, 0.2) is 0 Å². The lowest BCUT2D eigenvalue weighted by Crippen LogP contribution is -2.17. The first-order valence-electron chi connectivity index (χ1n) is 3.31. The van der Waals surface area contributed by atoms with E-state index in [1.165, 1.54) is 5.56 Å². The molecular weight excluding hydrogens is 124 g/mol. The predicted octanol–water partition coefficient (Wildman–Crippen LogP) is 1.06. The molecule has 1 N–H and O–H groups in total. The average Bonchev–Trinajstić information content (AvgIpc) is 2.33. The van der Waals surface area contributed by atoms with Gasteiger partial charge in [-0.05, 0) is 18.6 Å². The van der Waals surface area contributed by atoms with Gasteiger partial charge in [-0.15, -0.1) is 0 Å². The van der Waals surface area contributed by atoms with E-state index in [1.54, 1.807) is 0 Å². The summed E-state index contributed by atoms with van der Waals surface area (Å²) < 4.78 is 2.06. The Morgan fingerprint density at radius 1 is 1.40 bits per heavy atom. The van der Waals surface area contributed by atoms with Crippen LogP contribution in [0.4, 0.5) is 0 Å². The highest BCUT2D eigenvalue weighted by Gasteiger charge is 1.97. The lowest BCUT2D eigenvalue weighted by Gasteiger charge is -1.86. The molecule has 50 valence electrons. The Labute approximate surface area is 59.1 Å². The third-order valence-electron chi connectivity index (χ3n) is 1.59. The van der Waals surface area contributed by atoms with E-state index < -0.39 is 0 Å². The van der Waals surface area contributed by atoms with Gasteiger partial charge in [0.05, 0.1) is 6.20 Å². The number of rotatable bonds is 0. The van der Waals surface area contributed by atoms with Crippen molar-refractivity contribution in [3.63, 3.8) is 0 Å². The minimum Gasteiger partial charge on any atom is -0.243 e. The van der Waals surface area contributed by atoms with Gasteiger partial charge in [-0.25, -0.2) is 9.38 Å². The molecular formula is C8H9N2+. The van der Waals surface area contributed by atoms with Crippen LogP contribution >= 0.6 is 0 Å². The zero-order chi connectivity index (χ0) is 6.97. The first-order valence-corrected chi connectivity index (χ1v) is 3.31. The standard InChI is InChI=1S/C8H8N2/c1-7-2-3-8-9-4-5-10(8)6-7/h2-6H,1H3/p+1. The van der Waals surface area contributed by atoms with E-state index in [2.05, 4.69) is 34.6 Å². The van der Waals surface area contributed by atoms with Gasteiger partial charge >= 0.3 is 0 Å². The first kappa shape index (κ1) is 5.47. The van der Waals surface area contributed by atoms with Crippen LogP contribution in [0.5, 0.6) is 0 Å². The fourth-order valence-corrected chi connectivity index (χ4v) is 1.08. The third kappa shape index (κ3) is 0.692. The second kappa shape index (κ2) is 1.84. The van der Waals surface area contributed by atoms with Crippen LogP contribution in [0.2, 0.25) is 0 Å². The van der Waals surface area contributed by atoms with Crippen LogP contribution in [0.1, 0.15) is 5.56 Å². The van der Waals surface area contributed by atoms with E-state index in [0.717, 1.165) is 5.65 Å². The number of hydrogen-bond acceptors (Lipinski definition) is 0. The molecule has 2 rings (SSSR count). The summed E-state index contributed by atoms with van der Waals surface area (Å²) >= 11 is 0. The first-order chi connectivity index (χ1) is 4.86. The molecule has 0 aromatic carbocycles. The Bertz CT molecular complexity index is 349. The number of fused-ring (bicyclic) bond motifs is 1. The number of H-pyrrole nitrogens is 1. The van der Waals surface area contributed by atoms with Gasteiger partial charge in [0.1, 0.15) is 12.4 Å². The van der Waals surface area contributed by atoms with Gasteiger partial charge in [-0.3, -0.25) is 0 Å². The van der Waals surface area contributed by atoms with Crippen molar-refractivity contribution in [3.8, 4) is 0 Å². The van der Waals surface area contributed by atoms with Crippen LogP contribution in [-0.2, 0) is 0 Å². The zero-order valence-corrected chi connectivity index (χ0v) is 5.83. The maximum Gasteiger partial charge on any atom is 0.283 e. The van der Waals surface area contributed by atoms with Gasteiger partial charge in [-0.2, -0.15) is 0 Å². The predicted molar refractivity (Wildman–Crippen MR) is 38.7 cm³/mol. The fourth-order valence-electron chi connectivity index (χ4n) is 1.08. The highest BCUT2D eigenvalue weighted by molar-refractivity contribution is 5.29. The number of aryl methyl sites for hydroxylation is 1. The molecule has 0 saturated carbocycles. The summed E-state index contributed by atoms with van der Waals surface area (Å²) in [6, 6.07) is 4.15. The van der Waals surface area contributed by atoms with E-state index in [0.29, 0.717) is 0 Å². The van der Waals surface area contributed by atoms with Crippen molar-refractivity contribution in [3.05, 3.63) is 36.3 Å². The van der Waals surface area contributed by atoms with Crippen LogP contribution in [0.25, 0.3) is 5.65 Å². The van der Waals surface area contributed by atoms with Crippen LogP contribution in [0, 0.1) is 6.92 Å². The van der Waals surface area contributed by atoms with Crippen molar-refractivity contribution in [2.45, 2.75) is 6.92 Å². The molecule has 0 amide bonds. The monoisotopic (exact) mass is 133 g/mol. The molecule has 0 radical (unpaired) electrons. The van der Waals surface area contributed by atoms with Crippen molar-refractivity contribution in [2.24, 2.45) is 0 Å². The molecule has 2 aromatic rings. The molecule has 10 heavy (non-hydrogen) atoms. The van der Waals surface area contributed by atoms with Gasteiger partial charge in [0.25, 0.3) is 5.65 Å². The molecule has 0 unspecified atom stereocenters. The maximum atomic E-state index is 3.11. The summed E-state index contributed by atoms with van der Waals surface area (Å²) in [5.74, 6) is 0. The van der Waals surface area contributed by atoms with Crippen LogP contribution in [-0.4, -0.2) is 4.98 Å². The van der Waals surface area contributed by atoms with E-state index in [1.807, 2.05) is 12.4 Å². The van der Waals surface area contributed by atoms with Crippen molar-refractivity contribution in [2.75, 3.05) is 0 Å². The second-order valence-electron chi connectivity index (χ2n) is 2.46. The SMILES string of the molecule is Cc1ccc2[nH]cc[n+]2c1. The van der Waals surface area contributed by atoms with E-state index >= 15 is 0 Å². The Morgan fingerprint density at radius 2 is 2.30 bits per heavy atom. The summed E-state index contributed by atoms with van der Waals surface area (Å²) in [5.41, 5.74) is 2.41. The van der Waals surface area contributed by atoms with Crippen LogP contribution in [0.15, 0.2) is 30.7 Å². The molecule has 2 heterocycles. The Hall–Kier alpha value is -1.31. The van der Waals surface area contributed by atoms with Crippen molar-refractivity contribution in [1.82, 2.24) is 4.98 Å². The fraction of sp³-hybridized carbons (Fsp3) is 0.125. The summed E-state index contributed by atoms with van der Waals surface area (Å²) in [5, 5.41) is 0. The molecule has 0 aliphatic carbocycles. The molecule has 0 aliphatic rings. The van der Waals surface area contributed by atoms with Crippen molar-refractivity contribution < 1.29 is 4.40 Å². The van der Waals surface area contributed by atoms with Crippen molar-refractivity contribution in [1.29, 1.82) is 0 Å². The third-order valence-corrected chi connectivity index (χ3v) is 1.59. The number of nitrogens with zero attached hydrogens (tertiary/aromatic N) is 1. The summed E-state index contributed by atoms with van der Waals surface area (Å²) in [7, 11) is 0. The number of hydrogen-bond donors (Lipinski definition) is 1. The van der Waals surface area contributed by atoms with E-state index in [9.17, 15) is 0 Å². The normalized spacial score (nSPS) is 10.5. The smallest absolute Gasteiger partial charge is 0.243 e. The Morgan fingerprint density at radius 3 is 3.20 bits per heavy atom.